The van der Waals surface area contributed by atoms with Gasteiger partial charge in [-0.15, -0.1) is 17.7 Å². The highest BCUT2D eigenvalue weighted by atomic mass is 32.1. The summed E-state index contributed by atoms with van der Waals surface area (Å²) in [6.45, 7) is 0. The summed E-state index contributed by atoms with van der Waals surface area (Å²) in [5.41, 5.74) is 6.69. The van der Waals surface area contributed by atoms with Gasteiger partial charge in [0, 0.05) is 0 Å². The lowest BCUT2D eigenvalue weighted by Crippen LogP contribution is -2.45. The van der Waals surface area contributed by atoms with E-state index in [9.17, 15) is 4.79 Å². The molecule has 0 radical (unpaired) electrons. The molecule has 0 spiro atoms. The van der Waals surface area contributed by atoms with Crippen molar-refractivity contribution in [3.63, 3.8) is 0 Å². The summed E-state index contributed by atoms with van der Waals surface area (Å²) in [4.78, 5) is 10.4. The van der Waals surface area contributed by atoms with Gasteiger partial charge in [0.1, 0.15) is 0 Å². The van der Waals surface area contributed by atoms with Crippen molar-refractivity contribution < 1.29 is 4.79 Å². The van der Waals surface area contributed by atoms with E-state index in [2.05, 4.69) is 40.7 Å². The number of hydrogen-bond acceptors (Lipinski definition) is 6. The first-order valence-electron chi connectivity index (χ1n) is 2.59. The Morgan fingerprint density at radius 2 is 2.45 bits per heavy atom. The van der Waals surface area contributed by atoms with Crippen molar-refractivity contribution in [1.82, 2.24) is 10.5 Å². The average Bonchev–Trinajstić information content (AvgIpc) is 2.33. The first kappa shape index (κ1) is 8.21. The Morgan fingerprint density at radius 1 is 1.82 bits per heavy atom. The number of nitrogens with two attached hydrogens (primary N) is 1. The number of thiol groups is 1. The molecular formula is C3H5N5OS2. The monoisotopic (exact) mass is 191 g/mol. The molecule has 0 saturated heterocycles. The lowest BCUT2D eigenvalue weighted by Gasteiger charge is -2.16. The Kier molecular flexibility index (Phi) is 2.25. The second-order valence-electron chi connectivity index (χ2n) is 1.70. The minimum absolute atomic E-state index is 0.0880. The average molecular weight is 191 g/mol. The molecule has 0 fully saturated rings. The van der Waals surface area contributed by atoms with E-state index in [1.54, 1.807) is 0 Å². The molecule has 0 saturated carbocycles. The zero-order valence-electron chi connectivity index (χ0n) is 5.26. The standard InChI is InChI=1S/C3H5N5OS2/c4-1(9)2(10)8-3(11)5-6-7-8/h3,11H,(H2,4,9)(H,5,7). The fraction of sp³-hybridized carbons (Fsp3) is 0.333. The predicted octanol–water partition coefficient (Wildman–Crippen LogP) is -0.800. The van der Waals surface area contributed by atoms with Crippen LogP contribution in [0.3, 0.4) is 0 Å². The Balaban J connectivity index is 2.63. The third-order valence-electron chi connectivity index (χ3n) is 0.974. The van der Waals surface area contributed by atoms with Crippen LogP contribution in [0.2, 0.25) is 0 Å². The SMILES string of the molecule is NC(=O)C(=S)N1NN=NC1S. The predicted molar refractivity (Wildman–Crippen MR) is 44.4 cm³/mol. The minimum Gasteiger partial charge on any atom is -0.364 e. The van der Waals surface area contributed by atoms with Crippen LogP contribution >= 0.6 is 24.8 Å². The lowest BCUT2D eigenvalue weighted by molar-refractivity contribution is -0.112. The first-order valence-corrected chi connectivity index (χ1v) is 3.52. The molecule has 1 amide bonds. The summed E-state index contributed by atoms with van der Waals surface area (Å²) in [5, 5.41) is 8.09. The molecule has 8 heteroatoms. The van der Waals surface area contributed by atoms with E-state index in [1.165, 1.54) is 5.01 Å². The van der Waals surface area contributed by atoms with Gasteiger partial charge < -0.3 is 5.73 Å². The van der Waals surface area contributed by atoms with Crippen LogP contribution in [0.5, 0.6) is 0 Å². The molecule has 1 rings (SSSR count). The molecule has 0 aromatic heterocycles. The molecule has 1 heterocycles. The Hall–Kier alpha value is -0.890. The van der Waals surface area contributed by atoms with Crippen molar-refractivity contribution >= 4 is 35.7 Å². The van der Waals surface area contributed by atoms with Gasteiger partial charge in [0.2, 0.25) is 5.50 Å². The maximum absolute atomic E-state index is 10.5. The quantitative estimate of drug-likeness (QED) is 0.346. The molecule has 6 nitrogen and oxygen atoms in total. The van der Waals surface area contributed by atoms with Crippen LogP contribution in [0.4, 0.5) is 0 Å². The van der Waals surface area contributed by atoms with Gasteiger partial charge in [-0.3, -0.25) is 4.79 Å². The van der Waals surface area contributed by atoms with Crippen molar-refractivity contribution in [3.05, 3.63) is 0 Å². The zero-order chi connectivity index (χ0) is 8.43. The molecular weight excluding hydrogens is 186 g/mol. The van der Waals surface area contributed by atoms with Crippen LogP contribution in [-0.2, 0) is 4.79 Å². The fourth-order valence-electron chi connectivity index (χ4n) is 0.498. The van der Waals surface area contributed by atoms with Gasteiger partial charge in [0.15, 0.2) is 4.99 Å². The topological polar surface area (TPSA) is 83.1 Å². The number of thiocarbonyl (C=S) groups is 1. The maximum atomic E-state index is 10.5. The number of nitrogens with zero attached hydrogens (tertiary/aromatic N) is 3. The smallest absolute Gasteiger partial charge is 0.278 e. The van der Waals surface area contributed by atoms with E-state index in [1.807, 2.05) is 0 Å². The Morgan fingerprint density at radius 3 is 2.82 bits per heavy atom. The number of primary amides is 1. The van der Waals surface area contributed by atoms with Crippen LogP contribution in [0.1, 0.15) is 0 Å². The molecule has 0 bridgehead atoms. The highest BCUT2D eigenvalue weighted by Gasteiger charge is 2.24. The van der Waals surface area contributed by atoms with Crippen LogP contribution in [0, 0.1) is 0 Å². The van der Waals surface area contributed by atoms with E-state index < -0.39 is 11.4 Å². The van der Waals surface area contributed by atoms with Crippen molar-refractivity contribution in [2.75, 3.05) is 0 Å². The van der Waals surface area contributed by atoms with E-state index in [4.69, 9.17) is 5.73 Å². The molecule has 0 aromatic rings. The van der Waals surface area contributed by atoms with Gasteiger partial charge in [-0.25, -0.2) is 5.01 Å². The minimum atomic E-state index is -0.709. The van der Waals surface area contributed by atoms with Gasteiger partial charge in [0.05, 0.1) is 0 Å². The molecule has 1 atom stereocenters. The molecule has 0 aromatic carbocycles. The number of amides is 1. The van der Waals surface area contributed by atoms with E-state index in [-0.39, 0.29) is 4.99 Å². The van der Waals surface area contributed by atoms with E-state index >= 15 is 0 Å². The second kappa shape index (κ2) is 3.01. The van der Waals surface area contributed by atoms with Crippen LogP contribution < -0.4 is 11.3 Å². The Bertz CT molecular complexity index is 228. The number of carbonyl (C=O) groups excluding carboxylic acids is 1. The van der Waals surface area contributed by atoms with Gasteiger partial charge in [-0.05, 0) is 0 Å². The number of hydrazine groups is 1. The third kappa shape index (κ3) is 1.57. The molecule has 3 N–H and O–H groups in total. The van der Waals surface area contributed by atoms with Crippen molar-refractivity contribution in [1.29, 1.82) is 0 Å². The molecule has 1 aliphatic heterocycles. The van der Waals surface area contributed by atoms with Crippen LogP contribution in [0.25, 0.3) is 0 Å². The van der Waals surface area contributed by atoms with Crippen molar-refractivity contribution in [3.8, 4) is 0 Å². The van der Waals surface area contributed by atoms with Crippen molar-refractivity contribution in [2.24, 2.45) is 16.1 Å². The highest BCUT2D eigenvalue weighted by molar-refractivity contribution is 7.82. The third-order valence-corrected chi connectivity index (χ3v) is 1.71. The normalized spacial score (nSPS) is 21.5. The summed E-state index contributed by atoms with van der Waals surface area (Å²) < 4.78 is 0. The largest absolute Gasteiger partial charge is 0.364 e. The molecule has 11 heavy (non-hydrogen) atoms. The summed E-state index contributed by atoms with van der Waals surface area (Å²) in [7, 11) is 0. The first-order chi connectivity index (χ1) is 5.13. The lowest BCUT2D eigenvalue weighted by atomic mass is 10.6. The number of nitrogens with one attached hydrogen (secondary N) is 1. The Labute approximate surface area is 73.2 Å². The molecule has 0 aliphatic carbocycles. The summed E-state index contributed by atoms with van der Waals surface area (Å²) >= 11 is 8.56. The highest BCUT2D eigenvalue weighted by Crippen LogP contribution is 2.09. The van der Waals surface area contributed by atoms with Crippen molar-refractivity contribution in [2.45, 2.75) is 5.50 Å². The van der Waals surface area contributed by atoms with Gasteiger partial charge in [-0.2, -0.15) is 5.53 Å². The number of hydrogen-bond donors (Lipinski definition) is 3. The zero-order valence-corrected chi connectivity index (χ0v) is 6.97. The number of carbonyl (C=O) groups is 1. The second-order valence-corrected chi connectivity index (χ2v) is 2.55. The molecule has 60 valence electrons. The fourth-order valence-corrected chi connectivity index (χ4v) is 0.935. The maximum Gasteiger partial charge on any atom is 0.278 e. The van der Waals surface area contributed by atoms with E-state index in [0.29, 0.717) is 0 Å². The van der Waals surface area contributed by atoms with Gasteiger partial charge in [-0.1, -0.05) is 17.4 Å². The summed E-state index contributed by atoms with van der Waals surface area (Å²) in [6.07, 6.45) is 0. The van der Waals surface area contributed by atoms with Crippen LogP contribution in [0.15, 0.2) is 10.3 Å². The molecule has 1 unspecified atom stereocenters. The van der Waals surface area contributed by atoms with E-state index in [0.717, 1.165) is 0 Å². The van der Waals surface area contributed by atoms with Crippen LogP contribution in [-0.4, -0.2) is 21.4 Å². The number of rotatable bonds is 0. The molecule has 1 aliphatic rings. The van der Waals surface area contributed by atoms with Gasteiger partial charge in [0.25, 0.3) is 5.91 Å². The summed E-state index contributed by atoms with van der Waals surface area (Å²) in [6, 6.07) is 0. The van der Waals surface area contributed by atoms with Gasteiger partial charge >= 0.3 is 0 Å². The summed E-state index contributed by atoms with van der Waals surface area (Å²) in [5.74, 6) is -0.709.